The standard InChI is InChI=1S/C21H18Cl2F3N5O2S/c1-11(27-19(33)13-5-3-4-6-14(13)22)18-29-30-20(31(18)2)34-10-17(32)28-16-9-12(21(24,25)26)7-8-15(16)23/h3-9,11H,10H2,1-2H3,(H,27,33)(H,28,32)/t11-/m1/s1. The third-order valence-corrected chi connectivity index (χ3v) is 6.30. The van der Waals surface area contributed by atoms with Crippen molar-refractivity contribution in [2.45, 2.75) is 24.3 Å². The van der Waals surface area contributed by atoms with Gasteiger partial charge in [0.25, 0.3) is 5.91 Å². The summed E-state index contributed by atoms with van der Waals surface area (Å²) in [4.78, 5) is 24.8. The topological polar surface area (TPSA) is 88.9 Å². The zero-order chi connectivity index (χ0) is 25.0. The van der Waals surface area contributed by atoms with Gasteiger partial charge in [-0.1, -0.05) is 47.1 Å². The first-order valence-electron chi connectivity index (χ1n) is 9.71. The van der Waals surface area contributed by atoms with Gasteiger partial charge < -0.3 is 15.2 Å². The van der Waals surface area contributed by atoms with Crippen LogP contribution in [0, 0.1) is 0 Å². The number of nitrogens with zero attached hydrogens (tertiary/aromatic N) is 3. The summed E-state index contributed by atoms with van der Waals surface area (Å²) in [6, 6.07) is 8.77. The number of amides is 2. The fraction of sp³-hybridized carbons (Fsp3) is 0.238. The van der Waals surface area contributed by atoms with Gasteiger partial charge in [-0.15, -0.1) is 10.2 Å². The summed E-state index contributed by atoms with van der Waals surface area (Å²) >= 11 is 13.0. The largest absolute Gasteiger partial charge is 0.416 e. The molecule has 0 unspecified atom stereocenters. The lowest BCUT2D eigenvalue weighted by molar-refractivity contribution is -0.137. The van der Waals surface area contributed by atoms with Crippen LogP contribution in [0.2, 0.25) is 10.0 Å². The number of hydrogen-bond acceptors (Lipinski definition) is 5. The van der Waals surface area contributed by atoms with Crippen molar-refractivity contribution < 1.29 is 22.8 Å². The van der Waals surface area contributed by atoms with Crippen LogP contribution in [0.3, 0.4) is 0 Å². The van der Waals surface area contributed by atoms with Gasteiger partial charge in [0.1, 0.15) is 0 Å². The Morgan fingerprint density at radius 1 is 1.12 bits per heavy atom. The molecule has 0 bridgehead atoms. The van der Waals surface area contributed by atoms with Crippen molar-refractivity contribution in [3.8, 4) is 0 Å². The van der Waals surface area contributed by atoms with Gasteiger partial charge >= 0.3 is 6.18 Å². The Morgan fingerprint density at radius 3 is 2.50 bits per heavy atom. The van der Waals surface area contributed by atoms with Crippen LogP contribution in [0.1, 0.15) is 34.7 Å². The molecule has 1 aromatic heterocycles. The summed E-state index contributed by atoms with van der Waals surface area (Å²) in [5.41, 5.74) is -0.750. The van der Waals surface area contributed by atoms with Crippen LogP contribution in [0.25, 0.3) is 0 Å². The second kappa shape index (κ2) is 10.7. The Morgan fingerprint density at radius 2 is 1.82 bits per heavy atom. The van der Waals surface area contributed by atoms with Gasteiger partial charge in [0.15, 0.2) is 11.0 Å². The Bertz CT molecular complexity index is 1220. The molecule has 0 aliphatic rings. The molecule has 0 radical (unpaired) electrons. The van der Waals surface area contributed by atoms with Gasteiger partial charge in [0.05, 0.1) is 38.7 Å². The monoisotopic (exact) mass is 531 g/mol. The number of carbonyl (C=O) groups excluding carboxylic acids is 2. The number of anilines is 1. The maximum Gasteiger partial charge on any atom is 0.416 e. The van der Waals surface area contributed by atoms with Gasteiger partial charge in [0.2, 0.25) is 5.91 Å². The van der Waals surface area contributed by atoms with Crippen LogP contribution in [0.5, 0.6) is 0 Å². The van der Waals surface area contributed by atoms with E-state index in [9.17, 15) is 22.8 Å². The summed E-state index contributed by atoms with van der Waals surface area (Å²) < 4.78 is 40.3. The van der Waals surface area contributed by atoms with Crippen LogP contribution in [0.15, 0.2) is 47.6 Å². The smallest absolute Gasteiger partial charge is 0.342 e. The Labute approximate surface area is 207 Å². The van der Waals surface area contributed by atoms with Crippen molar-refractivity contribution in [2.75, 3.05) is 11.1 Å². The van der Waals surface area contributed by atoms with Gasteiger partial charge in [0, 0.05) is 7.05 Å². The van der Waals surface area contributed by atoms with Crippen molar-refractivity contribution >= 4 is 52.5 Å². The molecule has 0 spiro atoms. The lowest BCUT2D eigenvalue weighted by atomic mass is 10.2. The third kappa shape index (κ3) is 6.22. The van der Waals surface area contributed by atoms with Crippen molar-refractivity contribution in [3.63, 3.8) is 0 Å². The second-order valence-corrected chi connectivity index (χ2v) is 8.86. The van der Waals surface area contributed by atoms with Crippen molar-refractivity contribution in [2.24, 2.45) is 7.05 Å². The second-order valence-electron chi connectivity index (χ2n) is 7.10. The van der Waals surface area contributed by atoms with E-state index in [4.69, 9.17) is 23.2 Å². The van der Waals surface area contributed by atoms with E-state index in [-0.39, 0.29) is 22.4 Å². The number of halogens is 5. The molecule has 7 nitrogen and oxygen atoms in total. The van der Waals surface area contributed by atoms with E-state index in [1.807, 2.05) is 0 Å². The number of benzene rings is 2. The maximum absolute atomic E-state index is 12.9. The first-order chi connectivity index (χ1) is 16.0. The summed E-state index contributed by atoms with van der Waals surface area (Å²) in [6.45, 7) is 1.72. The van der Waals surface area contributed by atoms with E-state index in [2.05, 4.69) is 20.8 Å². The Balaban J connectivity index is 1.62. The Kier molecular flexibility index (Phi) is 8.11. The molecule has 13 heteroatoms. The molecule has 0 aliphatic heterocycles. The van der Waals surface area contributed by atoms with E-state index in [1.54, 1.807) is 42.8 Å². The molecule has 2 amide bonds. The molecule has 3 aromatic rings. The fourth-order valence-electron chi connectivity index (χ4n) is 2.93. The fourth-order valence-corrected chi connectivity index (χ4v) is 4.03. The molecule has 0 saturated carbocycles. The highest BCUT2D eigenvalue weighted by Gasteiger charge is 2.31. The van der Waals surface area contributed by atoms with Crippen LogP contribution in [0.4, 0.5) is 18.9 Å². The van der Waals surface area contributed by atoms with Gasteiger partial charge in [-0.05, 0) is 37.3 Å². The number of nitrogens with one attached hydrogen (secondary N) is 2. The lowest BCUT2D eigenvalue weighted by Crippen LogP contribution is -2.28. The minimum absolute atomic E-state index is 0.0182. The molecule has 3 rings (SSSR count). The first-order valence-corrected chi connectivity index (χ1v) is 11.5. The molecule has 1 atom stereocenters. The zero-order valence-electron chi connectivity index (χ0n) is 17.8. The SMILES string of the molecule is C[C@@H](NC(=O)c1ccccc1Cl)c1nnc(SCC(=O)Nc2cc(C(F)(F)F)ccc2Cl)n1C. The van der Waals surface area contributed by atoms with Crippen molar-refractivity contribution in [1.82, 2.24) is 20.1 Å². The quantitative estimate of drug-likeness (QED) is 0.400. The molecule has 0 saturated heterocycles. The van der Waals surface area contributed by atoms with E-state index < -0.39 is 23.7 Å². The van der Waals surface area contributed by atoms with Gasteiger partial charge in [-0.2, -0.15) is 13.2 Å². The summed E-state index contributed by atoms with van der Waals surface area (Å²) in [5, 5.41) is 13.9. The molecule has 0 fully saturated rings. The molecule has 1 heterocycles. The average Bonchev–Trinajstić information content (AvgIpc) is 3.13. The number of hydrogen-bond donors (Lipinski definition) is 2. The van der Waals surface area contributed by atoms with E-state index >= 15 is 0 Å². The number of rotatable bonds is 7. The summed E-state index contributed by atoms with van der Waals surface area (Å²) in [7, 11) is 1.66. The number of thioether (sulfide) groups is 1. The predicted molar refractivity (Wildman–Crippen MR) is 124 cm³/mol. The number of alkyl halides is 3. The van der Waals surface area contributed by atoms with E-state index in [1.165, 1.54) is 0 Å². The molecule has 0 aliphatic carbocycles. The van der Waals surface area contributed by atoms with E-state index in [0.717, 1.165) is 30.0 Å². The highest BCUT2D eigenvalue weighted by molar-refractivity contribution is 7.99. The zero-order valence-corrected chi connectivity index (χ0v) is 20.1. The van der Waals surface area contributed by atoms with Crippen molar-refractivity contribution in [3.05, 3.63) is 69.5 Å². The van der Waals surface area contributed by atoms with Crippen molar-refractivity contribution in [1.29, 1.82) is 0 Å². The number of carbonyl (C=O) groups is 2. The lowest BCUT2D eigenvalue weighted by Gasteiger charge is -2.14. The van der Waals surface area contributed by atoms with Crippen LogP contribution >= 0.6 is 35.0 Å². The van der Waals surface area contributed by atoms with E-state index in [0.29, 0.717) is 21.6 Å². The molecule has 180 valence electrons. The molecule has 2 N–H and O–H groups in total. The summed E-state index contributed by atoms with van der Waals surface area (Å²) in [5.74, 6) is -0.674. The third-order valence-electron chi connectivity index (χ3n) is 4.62. The molecule has 34 heavy (non-hydrogen) atoms. The van der Waals surface area contributed by atoms with Gasteiger partial charge in [-0.3, -0.25) is 9.59 Å². The molecule has 2 aromatic carbocycles. The highest BCUT2D eigenvalue weighted by Crippen LogP contribution is 2.34. The first kappa shape index (κ1) is 25.9. The summed E-state index contributed by atoms with van der Waals surface area (Å²) in [6.07, 6.45) is -4.56. The minimum atomic E-state index is -4.56. The molecular weight excluding hydrogens is 514 g/mol. The van der Waals surface area contributed by atoms with Crippen LogP contribution in [-0.4, -0.2) is 32.3 Å². The number of aromatic nitrogens is 3. The highest BCUT2D eigenvalue weighted by atomic mass is 35.5. The minimum Gasteiger partial charge on any atom is -0.342 e. The van der Waals surface area contributed by atoms with Crippen LogP contribution < -0.4 is 10.6 Å². The predicted octanol–water partition coefficient (Wildman–Crippen LogP) is 5.36. The molecular formula is C21H18Cl2F3N5O2S. The normalized spacial score (nSPS) is 12.3. The average molecular weight is 532 g/mol. The van der Waals surface area contributed by atoms with Crippen LogP contribution in [-0.2, 0) is 18.0 Å². The van der Waals surface area contributed by atoms with Gasteiger partial charge in [-0.25, -0.2) is 0 Å². The maximum atomic E-state index is 12.9. The Hall–Kier alpha value is -2.76.